The summed E-state index contributed by atoms with van der Waals surface area (Å²) in [6.45, 7) is 4.58. The highest BCUT2D eigenvalue weighted by atomic mass is 19.1. The van der Waals surface area contributed by atoms with Gasteiger partial charge in [-0.25, -0.2) is 4.39 Å². The van der Waals surface area contributed by atoms with Crippen molar-refractivity contribution in [1.29, 1.82) is 0 Å². The van der Waals surface area contributed by atoms with Gasteiger partial charge in [0.25, 0.3) is 0 Å². The molecule has 0 spiro atoms. The SMILES string of the molecule is CCCCCCOCC(O)CNCCc1ccc(F)cc1. The van der Waals surface area contributed by atoms with Crippen LogP contribution in [0.15, 0.2) is 24.3 Å². The van der Waals surface area contributed by atoms with Gasteiger partial charge < -0.3 is 15.2 Å². The molecule has 0 aliphatic carbocycles. The first kappa shape index (κ1) is 18.1. The van der Waals surface area contributed by atoms with Crippen LogP contribution in [0.4, 0.5) is 4.39 Å². The standard InChI is InChI=1S/C17H28FNO2/c1-2-3-4-5-12-21-14-17(20)13-19-11-10-15-6-8-16(18)9-7-15/h6-9,17,19-20H,2-5,10-14H2,1H3. The zero-order valence-corrected chi connectivity index (χ0v) is 13.0. The molecule has 0 bridgehead atoms. The minimum Gasteiger partial charge on any atom is -0.389 e. The molecule has 4 heteroatoms. The molecule has 0 saturated carbocycles. The van der Waals surface area contributed by atoms with Crippen LogP contribution in [0.1, 0.15) is 38.2 Å². The quantitative estimate of drug-likeness (QED) is 0.583. The van der Waals surface area contributed by atoms with Crippen LogP contribution in [-0.2, 0) is 11.2 Å². The molecule has 0 aliphatic rings. The highest BCUT2D eigenvalue weighted by molar-refractivity contribution is 5.16. The molecular formula is C17H28FNO2. The Labute approximate surface area is 127 Å². The van der Waals surface area contributed by atoms with E-state index in [0.29, 0.717) is 13.2 Å². The lowest BCUT2D eigenvalue weighted by Crippen LogP contribution is -2.31. The minimum atomic E-state index is -0.468. The Balaban J connectivity index is 1.95. The van der Waals surface area contributed by atoms with Crippen molar-refractivity contribution < 1.29 is 14.2 Å². The third-order valence-corrected chi connectivity index (χ3v) is 3.34. The van der Waals surface area contributed by atoms with Crippen LogP contribution < -0.4 is 5.32 Å². The number of hydrogen-bond acceptors (Lipinski definition) is 3. The fraction of sp³-hybridized carbons (Fsp3) is 0.647. The fourth-order valence-electron chi connectivity index (χ4n) is 2.06. The number of rotatable bonds is 12. The predicted molar refractivity (Wildman–Crippen MR) is 83.9 cm³/mol. The van der Waals surface area contributed by atoms with Gasteiger partial charge in [-0.3, -0.25) is 0 Å². The maximum Gasteiger partial charge on any atom is 0.123 e. The molecule has 1 aromatic rings. The maximum absolute atomic E-state index is 12.7. The van der Waals surface area contributed by atoms with Gasteiger partial charge in [-0.2, -0.15) is 0 Å². The molecule has 2 N–H and O–H groups in total. The van der Waals surface area contributed by atoms with Crippen LogP contribution in [0.3, 0.4) is 0 Å². The van der Waals surface area contributed by atoms with E-state index in [1.54, 1.807) is 12.1 Å². The number of ether oxygens (including phenoxy) is 1. The summed E-state index contributed by atoms with van der Waals surface area (Å²) >= 11 is 0. The van der Waals surface area contributed by atoms with Crippen molar-refractivity contribution in [3.8, 4) is 0 Å². The van der Waals surface area contributed by atoms with E-state index >= 15 is 0 Å². The van der Waals surface area contributed by atoms with Gasteiger partial charge >= 0.3 is 0 Å². The van der Waals surface area contributed by atoms with Gasteiger partial charge in [0.15, 0.2) is 0 Å². The maximum atomic E-state index is 12.7. The molecule has 0 aliphatic heterocycles. The first-order valence-corrected chi connectivity index (χ1v) is 7.93. The van der Waals surface area contributed by atoms with Gasteiger partial charge in [-0.15, -0.1) is 0 Å². The summed E-state index contributed by atoms with van der Waals surface area (Å²) < 4.78 is 18.2. The number of benzene rings is 1. The molecule has 1 rings (SSSR count). The van der Waals surface area contributed by atoms with E-state index in [1.165, 1.54) is 31.4 Å². The summed E-state index contributed by atoms with van der Waals surface area (Å²) in [5.74, 6) is -0.210. The molecule has 120 valence electrons. The summed E-state index contributed by atoms with van der Waals surface area (Å²) in [6.07, 6.45) is 5.09. The second-order valence-corrected chi connectivity index (χ2v) is 5.37. The van der Waals surface area contributed by atoms with Crippen molar-refractivity contribution in [1.82, 2.24) is 5.32 Å². The Kier molecular flexibility index (Phi) is 10.0. The van der Waals surface area contributed by atoms with Crippen molar-refractivity contribution in [2.45, 2.75) is 45.1 Å². The van der Waals surface area contributed by atoms with Gasteiger partial charge in [0.05, 0.1) is 12.7 Å². The van der Waals surface area contributed by atoms with Crippen molar-refractivity contribution in [3.63, 3.8) is 0 Å². The molecular weight excluding hydrogens is 269 g/mol. The van der Waals surface area contributed by atoms with Crippen molar-refractivity contribution >= 4 is 0 Å². The monoisotopic (exact) mass is 297 g/mol. The van der Waals surface area contributed by atoms with Crippen LogP contribution in [0.5, 0.6) is 0 Å². The van der Waals surface area contributed by atoms with E-state index in [2.05, 4.69) is 12.2 Å². The van der Waals surface area contributed by atoms with Gasteiger partial charge in [-0.05, 0) is 37.1 Å². The molecule has 0 fully saturated rings. The fourth-order valence-corrected chi connectivity index (χ4v) is 2.06. The summed E-state index contributed by atoms with van der Waals surface area (Å²) in [5, 5.41) is 12.9. The largest absolute Gasteiger partial charge is 0.389 e. The van der Waals surface area contributed by atoms with E-state index in [9.17, 15) is 9.50 Å². The van der Waals surface area contributed by atoms with Crippen molar-refractivity contribution in [2.24, 2.45) is 0 Å². The van der Waals surface area contributed by atoms with Gasteiger partial charge in [0.2, 0.25) is 0 Å². The second-order valence-electron chi connectivity index (χ2n) is 5.37. The topological polar surface area (TPSA) is 41.5 Å². The number of unbranched alkanes of at least 4 members (excludes halogenated alkanes) is 3. The first-order chi connectivity index (χ1) is 10.2. The lowest BCUT2D eigenvalue weighted by Gasteiger charge is -2.12. The smallest absolute Gasteiger partial charge is 0.123 e. The molecule has 0 saturated heterocycles. The van der Waals surface area contributed by atoms with Gasteiger partial charge in [0.1, 0.15) is 5.82 Å². The van der Waals surface area contributed by atoms with Crippen LogP contribution in [-0.4, -0.2) is 37.5 Å². The number of hydrogen-bond donors (Lipinski definition) is 2. The van der Waals surface area contributed by atoms with Crippen LogP contribution in [0, 0.1) is 5.82 Å². The first-order valence-electron chi connectivity index (χ1n) is 7.93. The number of aliphatic hydroxyl groups excluding tert-OH is 1. The highest BCUT2D eigenvalue weighted by Gasteiger charge is 2.03. The molecule has 0 aromatic heterocycles. The lowest BCUT2D eigenvalue weighted by atomic mass is 10.1. The minimum absolute atomic E-state index is 0.210. The van der Waals surface area contributed by atoms with E-state index in [1.807, 2.05) is 0 Å². The Morgan fingerprint density at radius 3 is 2.67 bits per heavy atom. The average molecular weight is 297 g/mol. The third kappa shape index (κ3) is 9.56. The van der Waals surface area contributed by atoms with Crippen LogP contribution in [0.25, 0.3) is 0 Å². The molecule has 0 amide bonds. The van der Waals surface area contributed by atoms with Crippen molar-refractivity contribution in [2.75, 3.05) is 26.3 Å². The lowest BCUT2D eigenvalue weighted by molar-refractivity contribution is 0.0356. The molecule has 1 atom stereocenters. The molecule has 0 radical (unpaired) electrons. The zero-order valence-electron chi connectivity index (χ0n) is 13.0. The highest BCUT2D eigenvalue weighted by Crippen LogP contribution is 2.03. The average Bonchev–Trinajstić information content (AvgIpc) is 2.49. The Morgan fingerprint density at radius 2 is 1.95 bits per heavy atom. The number of nitrogens with one attached hydrogen (secondary N) is 1. The molecule has 21 heavy (non-hydrogen) atoms. The zero-order chi connectivity index (χ0) is 15.3. The summed E-state index contributed by atoms with van der Waals surface area (Å²) in [6, 6.07) is 6.51. The number of halogens is 1. The molecule has 3 nitrogen and oxygen atoms in total. The van der Waals surface area contributed by atoms with Crippen molar-refractivity contribution in [3.05, 3.63) is 35.6 Å². The normalized spacial score (nSPS) is 12.5. The van der Waals surface area contributed by atoms with E-state index in [4.69, 9.17) is 4.74 Å². The number of aliphatic hydroxyl groups is 1. The molecule has 1 unspecified atom stereocenters. The molecule has 0 heterocycles. The van der Waals surface area contributed by atoms with E-state index in [-0.39, 0.29) is 5.82 Å². The predicted octanol–water partition coefficient (Wildman–Crippen LogP) is 2.92. The Hall–Kier alpha value is -0.970. The summed E-state index contributed by atoms with van der Waals surface area (Å²) in [5.41, 5.74) is 1.09. The summed E-state index contributed by atoms with van der Waals surface area (Å²) in [7, 11) is 0. The second kappa shape index (κ2) is 11.7. The van der Waals surface area contributed by atoms with E-state index in [0.717, 1.165) is 31.6 Å². The molecule has 1 aromatic carbocycles. The van der Waals surface area contributed by atoms with Crippen LogP contribution >= 0.6 is 0 Å². The van der Waals surface area contributed by atoms with Gasteiger partial charge in [-0.1, -0.05) is 38.3 Å². The Bertz CT molecular complexity index is 356. The van der Waals surface area contributed by atoms with Crippen LogP contribution in [0.2, 0.25) is 0 Å². The van der Waals surface area contributed by atoms with E-state index < -0.39 is 6.10 Å². The third-order valence-electron chi connectivity index (χ3n) is 3.34. The Morgan fingerprint density at radius 1 is 1.19 bits per heavy atom. The van der Waals surface area contributed by atoms with Gasteiger partial charge in [0, 0.05) is 13.2 Å². The summed E-state index contributed by atoms with van der Waals surface area (Å²) in [4.78, 5) is 0.